The molecule has 1 aliphatic heterocycles. The molecule has 1 aliphatic rings. The number of hydrogen-bond donors (Lipinski definition) is 0. The minimum atomic E-state index is -0.135. The topological polar surface area (TPSA) is 35.5 Å². The van der Waals surface area contributed by atoms with Crippen LogP contribution in [0.3, 0.4) is 0 Å². The number of carbonyl (C=O) groups excluding carboxylic acids is 1. The first kappa shape index (κ1) is 22.7. The second-order valence-electron chi connectivity index (χ2n) is 8.34. The van der Waals surface area contributed by atoms with Gasteiger partial charge in [0.2, 0.25) is 0 Å². The van der Waals surface area contributed by atoms with E-state index < -0.39 is 0 Å². The summed E-state index contributed by atoms with van der Waals surface area (Å²) in [6.45, 7) is 15.2. The third-order valence-electron chi connectivity index (χ3n) is 5.84. The van der Waals surface area contributed by atoms with Gasteiger partial charge in [-0.1, -0.05) is 32.9 Å². The van der Waals surface area contributed by atoms with E-state index in [-0.39, 0.29) is 5.97 Å². The summed E-state index contributed by atoms with van der Waals surface area (Å²) in [6.07, 6.45) is 9.19. The van der Waals surface area contributed by atoms with Crippen LogP contribution in [0.15, 0.2) is 6.08 Å². The van der Waals surface area contributed by atoms with E-state index in [1.807, 2.05) is 6.92 Å². The van der Waals surface area contributed by atoms with Gasteiger partial charge in [-0.05, 0) is 91.7 Å². The smallest absolute Gasteiger partial charge is 0.310 e. The third kappa shape index (κ3) is 5.70. The van der Waals surface area contributed by atoms with Gasteiger partial charge < -0.3 is 9.47 Å². The maximum absolute atomic E-state index is 12.3. The minimum Gasteiger partial charge on any atom is -0.466 e. The van der Waals surface area contributed by atoms with E-state index in [0.29, 0.717) is 24.9 Å². The number of carbonyl (C=O) groups is 1. The molecule has 156 valence electrons. The van der Waals surface area contributed by atoms with Crippen LogP contribution in [0.4, 0.5) is 0 Å². The zero-order valence-electron chi connectivity index (χ0n) is 18.7. The Hall–Kier alpha value is -1.61. The summed E-state index contributed by atoms with van der Waals surface area (Å²) in [4.78, 5) is 12.3. The predicted octanol–water partition coefficient (Wildman–Crippen LogP) is 5.61. The molecule has 1 saturated heterocycles. The van der Waals surface area contributed by atoms with Crippen LogP contribution in [0.25, 0.3) is 6.08 Å². The van der Waals surface area contributed by atoms with Crippen LogP contribution in [0.1, 0.15) is 73.9 Å². The summed E-state index contributed by atoms with van der Waals surface area (Å²) in [5.41, 5.74) is 7.85. The van der Waals surface area contributed by atoms with Gasteiger partial charge >= 0.3 is 5.97 Å². The molecule has 0 atom stereocenters. The summed E-state index contributed by atoms with van der Waals surface area (Å²) in [5, 5.41) is 0. The van der Waals surface area contributed by atoms with E-state index >= 15 is 0 Å². The van der Waals surface area contributed by atoms with Gasteiger partial charge in [0.1, 0.15) is 0 Å². The summed E-state index contributed by atoms with van der Waals surface area (Å²) in [6, 6.07) is 0. The Morgan fingerprint density at radius 3 is 2.36 bits per heavy atom. The molecule has 0 saturated carbocycles. The van der Waals surface area contributed by atoms with Gasteiger partial charge in [-0.15, -0.1) is 0 Å². The molecule has 0 unspecified atom stereocenters. The molecule has 1 fully saturated rings. The van der Waals surface area contributed by atoms with Crippen molar-refractivity contribution in [3.8, 4) is 0 Å². The van der Waals surface area contributed by atoms with Crippen LogP contribution < -0.4 is 0 Å². The van der Waals surface area contributed by atoms with Crippen molar-refractivity contribution in [3.05, 3.63) is 39.5 Å². The first-order valence-electron chi connectivity index (χ1n) is 10.9. The number of benzene rings is 1. The highest BCUT2D eigenvalue weighted by Crippen LogP contribution is 2.32. The van der Waals surface area contributed by atoms with Gasteiger partial charge in [0, 0.05) is 13.2 Å². The number of allylic oxidation sites excluding steroid dienone is 1. The molecule has 0 aliphatic carbocycles. The SMILES string of the molecule is CCOC(=O)Cc1c(C)c(CC)c(CC(C)C)c(C)c1/C=C/C1CCOCC1. The first-order valence-corrected chi connectivity index (χ1v) is 10.9. The molecule has 0 bridgehead atoms. The van der Waals surface area contributed by atoms with Crippen molar-refractivity contribution in [2.24, 2.45) is 11.8 Å². The van der Waals surface area contributed by atoms with Crippen molar-refractivity contribution in [1.82, 2.24) is 0 Å². The number of rotatable bonds is 8. The zero-order chi connectivity index (χ0) is 20.7. The quantitative estimate of drug-likeness (QED) is 0.545. The fourth-order valence-corrected chi connectivity index (χ4v) is 4.34. The number of esters is 1. The van der Waals surface area contributed by atoms with E-state index in [1.54, 1.807) is 0 Å². The summed E-state index contributed by atoms with van der Waals surface area (Å²) < 4.78 is 10.8. The Morgan fingerprint density at radius 1 is 1.11 bits per heavy atom. The standard InChI is InChI=1S/C25H38O3/c1-7-21-18(5)24(16-25(26)28-8-2)22(19(6)23(21)15-17(3)4)10-9-20-11-13-27-14-12-20/h9-10,17,20H,7-8,11-16H2,1-6H3/b10-9+. The Bertz CT molecular complexity index is 694. The zero-order valence-corrected chi connectivity index (χ0v) is 18.7. The third-order valence-corrected chi connectivity index (χ3v) is 5.84. The highest BCUT2D eigenvalue weighted by Gasteiger charge is 2.20. The molecular formula is C25H38O3. The highest BCUT2D eigenvalue weighted by molar-refractivity contribution is 5.77. The molecule has 3 nitrogen and oxygen atoms in total. The fraction of sp³-hybridized carbons (Fsp3) is 0.640. The van der Waals surface area contributed by atoms with Crippen molar-refractivity contribution in [2.75, 3.05) is 19.8 Å². The van der Waals surface area contributed by atoms with E-state index in [4.69, 9.17) is 9.47 Å². The summed E-state index contributed by atoms with van der Waals surface area (Å²) in [7, 11) is 0. The molecule has 3 heteroatoms. The molecule has 28 heavy (non-hydrogen) atoms. The fourth-order valence-electron chi connectivity index (χ4n) is 4.34. The average Bonchev–Trinajstić information content (AvgIpc) is 2.66. The van der Waals surface area contributed by atoms with Crippen molar-refractivity contribution in [3.63, 3.8) is 0 Å². The molecule has 2 rings (SSSR count). The lowest BCUT2D eigenvalue weighted by Gasteiger charge is -2.24. The lowest BCUT2D eigenvalue weighted by Crippen LogP contribution is -2.15. The molecule has 0 amide bonds. The first-order chi connectivity index (χ1) is 13.4. The van der Waals surface area contributed by atoms with E-state index in [0.717, 1.165) is 44.5 Å². The Labute approximate surface area is 171 Å². The lowest BCUT2D eigenvalue weighted by molar-refractivity contribution is -0.142. The second kappa shape index (κ2) is 10.8. The monoisotopic (exact) mass is 386 g/mol. The molecular weight excluding hydrogens is 348 g/mol. The van der Waals surface area contributed by atoms with Crippen molar-refractivity contribution in [1.29, 1.82) is 0 Å². The van der Waals surface area contributed by atoms with Gasteiger partial charge in [0.25, 0.3) is 0 Å². The molecule has 1 aromatic carbocycles. The minimum absolute atomic E-state index is 0.135. The van der Waals surface area contributed by atoms with Gasteiger partial charge in [0.05, 0.1) is 13.0 Å². The van der Waals surface area contributed by atoms with Crippen molar-refractivity contribution >= 4 is 12.0 Å². The van der Waals surface area contributed by atoms with Crippen molar-refractivity contribution in [2.45, 2.75) is 73.6 Å². The maximum Gasteiger partial charge on any atom is 0.310 e. The normalized spacial score (nSPS) is 15.5. The van der Waals surface area contributed by atoms with Crippen molar-refractivity contribution < 1.29 is 14.3 Å². The predicted molar refractivity (Wildman–Crippen MR) is 117 cm³/mol. The molecule has 0 radical (unpaired) electrons. The Morgan fingerprint density at radius 2 is 1.79 bits per heavy atom. The van der Waals surface area contributed by atoms with Gasteiger partial charge in [-0.3, -0.25) is 4.79 Å². The molecule has 0 spiro atoms. The highest BCUT2D eigenvalue weighted by atomic mass is 16.5. The average molecular weight is 387 g/mol. The van der Waals surface area contributed by atoms with Gasteiger partial charge in [-0.2, -0.15) is 0 Å². The van der Waals surface area contributed by atoms with Crippen LogP contribution in [-0.4, -0.2) is 25.8 Å². The van der Waals surface area contributed by atoms with Crippen LogP contribution in [0.5, 0.6) is 0 Å². The van der Waals surface area contributed by atoms with E-state index in [1.165, 1.54) is 27.8 Å². The Balaban J connectivity index is 2.53. The molecule has 1 heterocycles. The molecule has 1 aromatic rings. The number of hydrogen-bond acceptors (Lipinski definition) is 3. The maximum atomic E-state index is 12.3. The second-order valence-corrected chi connectivity index (χ2v) is 8.34. The summed E-state index contributed by atoms with van der Waals surface area (Å²) in [5.74, 6) is 1.03. The van der Waals surface area contributed by atoms with Crippen LogP contribution in [-0.2, 0) is 33.5 Å². The van der Waals surface area contributed by atoms with Crippen LogP contribution >= 0.6 is 0 Å². The van der Waals surface area contributed by atoms with E-state index in [2.05, 4.69) is 46.8 Å². The number of ether oxygens (including phenoxy) is 2. The Kier molecular flexibility index (Phi) is 8.75. The molecule has 0 N–H and O–H groups in total. The van der Waals surface area contributed by atoms with E-state index in [9.17, 15) is 4.79 Å². The van der Waals surface area contributed by atoms with Crippen LogP contribution in [0, 0.1) is 25.7 Å². The summed E-state index contributed by atoms with van der Waals surface area (Å²) >= 11 is 0. The van der Waals surface area contributed by atoms with Gasteiger partial charge in [-0.25, -0.2) is 0 Å². The largest absolute Gasteiger partial charge is 0.466 e. The van der Waals surface area contributed by atoms with Crippen LogP contribution in [0.2, 0.25) is 0 Å². The van der Waals surface area contributed by atoms with Gasteiger partial charge in [0.15, 0.2) is 0 Å². The lowest BCUT2D eigenvalue weighted by atomic mass is 9.82. The molecule has 0 aromatic heterocycles.